The molecule has 3 rings (SSSR count). The Hall–Kier alpha value is -3.30. The summed E-state index contributed by atoms with van der Waals surface area (Å²) in [7, 11) is -4.36. The summed E-state index contributed by atoms with van der Waals surface area (Å²) in [6, 6.07) is 10.9. The fourth-order valence-electron chi connectivity index (χ4n) is 2.49. The number of pyridine rings is 1. The van der Waals surface area contributed by atoms with Crippen molar-refractivity contribution >= 4 is 28.0 Å². The van der Waals surface area contributed by atoms with Gasteiger partial charge in [-0.1, -0.05) is 6.08 Å². The van der Waals surface area contributed by atoms with E-state index in [0.717, 1.165) is 16.8 Å². The standard InChI is InChI=1S/C18H14N2O6S/c1-13-12-15(20(21)22)3-6-17(13)19-10-8-14(9-11-19)2-4-16-5-7-18(26-16)27(23,24)25/h2-12H,1H3/p+1/b4-2+. The molecule has 0 saturated carbocycles. The Balaban J connectivity index is 1.79. The maximum absolute atomic E-state index is 11.0. The maximum atomic E-state index is 11.0. The average molecular weight is 387 g/mol. The zero-order valence-electron chi connectivity index (χ0n) is 14.1. The van der Waals surface area contributed by atoms with Crippen molar-refractivity contribution < 1.29 is 26.9 Å². The molecule has 0 unspecified atom stereocenters. The van der Waals surface area contributed by atoms with Gasteiger partial charge in [0.15, 0.2) is 12.4 Å². The Morgan fingerprint density at radius 1 is 1.11 bits per heavy atom. The summed E-state index contributed by atoms with van der Waals surface area (Å²) < 4.78 is 37.7. The molecule has 0 atom stereocenters. The molecule has 1 N–H and O–H groups in total. The molecule has 0 aliphatic carbocycles. The molecule has 0 aliphatic rings. The normalized spacial score (nSPS) is 11.8. The first-order chi connectivity index (χ1) is 12.7. The van der Waals surface area contributed by atoms with Gasteiger partial charge in [-0.25, -0.2) is 0 Å². The van der Waals surface area contributed by atoms with Gasteiger partial charge in [0.1, 0.15) is 5.76 Å². The van der Waals surface area contributed by atoms with E-state index in [2.05, 4.69) is 0 Å². The number of aromatic nitrogens is 1. The van der Waals surface area contributed by atoms with Gasteiger partial charge >= 0.3 is 10.1 Å². The minimum atomic E-state index is -4.36. The molecule has 0 aliphatic heterocycles. The molecule has 2 heterocycles. The first-order valence-electron chi connectivity index (χ1n) is 7.76. The molecule has 0 bridgehead atoms. The summed E-state index contributed by atoms with van der Waals surface area (Å²) in [4.78, 5) is 10.4. The van der Waals surface area contributed by atoms with E-state index < -0.39 is 20.1 Å². The second-order valence-electron chi connectivity index (χ2n) is 5.73. The third kappa shape index (κ3) is 4.27. The number of nitro benzene ring substituents is 1. The van der Waals surface area contributed by atoms with Gasteiger partial charge in [0.05, 0.1) is 4.92 Å². The highest BCUT2D eigenvalue weighted by molar-refractivity contribution is 7.85. The van der Waals surface area contributed by atoms with E-state index in [-0.39, 0.29) is 11.4 Å². The molecule has 0 fully saturated rings. The highest BCUT2D eigenvalue weighted by atomic mass is 32.2. The molecule has 9 heteroatoms. The summed E-state index contributed by atoms with van der Waals surface area (Å²) in [6.07, 6.45) is 6.91. The van der Waals surface area contributed by atoms with E-state index in [9.17, 15) is 18.5 Å². The fraction of sp³-hybridized carbons (Fsp3) is 0.0556. The summed E-state index contributed by atoms with van der Waals surface area (Å²) in [6.45, 7) is 1.80. The van der Waals surface area contributed by atoms with E-state index in [1.165, 1.54) is 24.3 Å². The van der Waals surface area contributed by atoms with E-state index >= 15 is 0 Å². The van der Waals surface area contributed by atoms with Gasteiger partial charge in [0.2, 0.25) is 10.8 Å². The Kier molecular flexibility index (Phi) is 4.89. The van der Waals surface area contributed by atoms with Crippen LogP contribution in [0.4, 0.5) is 5.69 Å². The molecule has 0 spiro atoms. The fourth-order valence-corrected chi connectivity index (χ4v) is 2.94. The lowest BCUT2D eigenvalue weighted by Gasteiger charge is -2.00. The molecule has 0 saturated heterocycles. The number of benzene rings is 1. The van der Waals surface area contributed by atoms with Crippen molar-refractivity contribution in [3.63, 3.8) is 0 Å². The van der Waals surface area contributed by atoms with Gasteiger partial charge in [-0.3, -0.25) is 14.7 Å². The number of aryl methyl sites for hydroxylation is 1. The lowest BCUT2D eigenvalue weighted by atomic mass is 10.1. The van der Waals surface area contributed by atoms with E-state index in [1.54, 1.807) is 37.5 Å². The molecule has 27 heavy (non-hydrogen) atoms. The minimum Gasteiger partial charge on any atom is -0.443 e. The molecule has 1 aromatic carbocycles. The summed E-state index contributed by atoms with van der Waals surface area (Å²) in [5.41, 5.74) is 2.46. The van der Waals surface area contributed by atoms with Gasteiger partial charge in [-0.05, 0) is 30.7 Å². The Bertz CT molecular complexity index is 1130. The van der Waals surface area contributed by atoms with Crippen LogP contribution in [0.1, 0.15) is 16.9 Å². The van der Waals surface area contributed by atoms with Crippen molar-refractivity contribution in [3.05, 3.63) is 81.9 Å². The summed E-state index contributed by atoms with van der Waals surface area (Å²) >= 11 is 0. The Labute approximate surface area is 154 Å². The number of hydrogen-bond acceptors (Lipinski definition) is 5. The van der Waals surface area contributed by atoms with Gasteiger partial charge in [0, 0.05) is 35.9 Å². The number of hydrogen-bond donors (Lipinski definition) is 1. The van der Waals surface area contributed by atoms with Crippen molar-refractivity contribution in [2.75, 3.05) is 0 Å². The van der Waals surface area contributed by atoms with Crippen molar-refractivity contribution in [1.82, 2.24) is 0 Å². The van der Waals surface area contributed by atoms with Gasteiger partial charge in [0.25, 0.3) is 5.69 Å². The topological polar surface area (TPSA) is 115 Å². The smallest absolute Gasteiger partial charge is 0.328 e. The number of nitrogens with zero attached hydrogens (tertiary/aromatic N) is 2. The first kappa shape index (κ1) is 18.5. The van der Waals surface area contributed by atoms with E-state index in [4.69, 9.17) is 8.97 Å². The second kappa shape index (κ2) is 7.14. The van der Waals surface area contributed by atoms with Gasteiger partial charge < -0.3 is 4.42 Å². The van der Waals surface area contributed by atoms with Crippen LogP contribution >= 0.6 is 0 Å². The summed E-state index contributed by atoms with van der Waals surface area (Å²) in [5, 5.41) is 10.3. The third-order valence-corrected chi connectivity index (χ3v) is 4.55. The van der Waals surface area contributed by atoms with Gasteiger partial charge in [-0.2, -0.15) is 13.0 Å². The summed E-state index contributed by atoms with van der Waals surface area (Å²) in [5.74, 6) is 0.283. The van der Waals surface area contributed by atoms with Crippen LogP contribution in [0.15, 0.2) is 64.4 Å². The van der Waals surface area contributed by atoms with E-state index in [0.29, 0.717) is 0 Å². The highest BCUT2D eigenvalue weighted by Crippen LogP contribution is 2.18. The lowest BCUT2D eigenvalue weighted by molar-refractivity contribution is -0.596. The number of furan rings is 1. The zero-order chi connectivity index (χ0) is 19.6. The number of non-ortho nitro benzene ring substituents is 1. The zero-order valence-corrected chi connectivity index (χ0v) is 15.0. The monoisotopic (exact) mass is 387 g/mol. The van der Waals surface area contributed by atoms with Crippen LogP contribution in [-0.4, -0.2) is 17.9 Å². The maximum Gasteiger partial charge on any atom is 0.328 e. The van der Waals surface area contributed by atoms with Crippen molar-refractivity contribution in [2.45, 2.75) is 12.0 Å². The highest BCUT2D eigenvalue weighted by Gasteiger charge is 2.15. The number of rotatable bonds is 5. The predicted molar refractivity (Wildman–Crippen MR) is 96.8 cm³/mol. The van der Waals surface area contributed by atoms with Crippen molar-refractivity contribution in [2.24, 2.45) is 0 Å². The Morgan fingerprint density at radius 2 is 1.81 bits per heavy atom. The molecule has 0 radical (unpaired) electrons. The van der Waals surface area contributed by atoms with Crippen LogP contribution in [0, 0.1) is 17.0 Å². The van der Waals surface area contributed by atoms with Crippen LogP contribution in [-0.2, 0) is 10.1 Å². The molecule has 8 nitrogen and oxygen atoms in total. The molecule has 3 aromatic rings. The SMILES string of the molecule is Cc1cc([N+](=O)[O-])ccc1-[n+]1ccc(/C=C/c2ccc(S(=O)(=O)O)o2)cc1. The van der Waals surface area contributed by atoms with Crippen LogP contribution < -0.4 is 4.57 Å². The van der Waals surface area contributed by atoms with Crippen LogP contribution in [0.25, 0.3) is 17.8 Å². The third-order valence-electron chi connectivity index (χ3n) is 3.82. The van der Waals surface area contributed by atoms with Crippen LogP contribution in [0.5, 0.6) is 0 Å². The quantitative estimate of drug-likeness (QED) is 0.311. The molecule has 138 valence electrons. The number of nitro groups is 1. The molecule has 0 amide bonds. The average Bonchev–Trinajstić information content (AvgIpc) is 3.10. The lowest BCUT2D eigenvalue weighted by Crippen LogP contribution is -2.30. The first-order valence-corrected chi connectivity index (χ1v) is 9.20. The molecular formula is C18H15N2O6S+. The molecular weight excluding hydrogens is 372 g/mol. The van der Waals surface area contributed by atoms with Crippen LogP contribution in [0.2, 0.25) is 0 Å². The van der Waals surface area contributed by atoms with Crippen molar-refractivity contribution in [1.29, 1.82) is 0 Å². The Morgan fingerprint density at radius 3 is 2.37 bits per heavy atom. The minimum absolute atomic E-state index is 0.0408. The van der Waals surface area contributed by atoms with E-state index in [1.807, 2.05) is 16.7 Å². The molecule has 2 aromatic heterocycles. The predicted octanol–water partition coefficient (Wildman–Crippen LogP) is 3.19. The van der Waals surface area contributed by atoms with Gasteiger partial charge in [-0.15, -0.1) is 0 Å². The van der Waals surface area contributed by atoms with Crippen molar-refractivity contribution in [3.8, 4) is 5.69 Å². The largest absolute Gasteiger partial charge is 0.443 e. The van der Waals surface area contributed by atoms with Crippen LogP contribution in [0.3, 0.4) is 0 Å². The second-order valence-corrected chi connectivity index (χ2v) is 7.08.